The minimum absolute atomic E-state index is 0.381. The van der Waals surface area contributed by atoms with Crippen molar-refractivity contribution in [2.24, 2.45) is 0 Å². The van der Waals surface area contributed by atoms with Crippen molar-refractivity contribution in [2.45, 2.75) is 12.6 Å². The Kier molecular flexibility index (Phi) is 3.92. The number of hydrogen-bond donors (Lipinski definition) is 1. The highest BCUT2D eigenvalue weighted by Crippen LogP contribution is 2.12. The summed E-state index contributed by atoms with van der Waals surface area (Å²) >= 11 is 0. The number of nitriles is 1. The molecule has 1 atom stereocenters. The Morgan fingerprint density at radius 1 is 1.61 bits per heavy atom. The van der Waals surface area contributed by atoms with Gasteiger partial charge in [0.15, 0.2) is 6.10 Å². The fourth-order valence-electron chi connectivity index (χ4n) is 1.99. The van der Waals surface area contributed by atoms with Crippen molar-refractivity contribution in [3.63, 3.8) is 0 Å². The number of hydrogen-bond acceptors (Lipinski definition) is 4. The van der Waals surface area contributed by atoms with Crippen LogP contribution in [0, 0.1) is 11.3 Å². The number of aliphatic carboxylic acids is 1. The highest BCUT2D eigenvalue weighted by atomic mass is 16.5. The first-order chi connectivity index (χ1) is 8.69. The molecule has 0 radical (unpaired) electrons. The normalized spacial score (nSPS) is 20.3. The fourth-order valence-corrected chi connectivity index (χ4v) is 1.99. The largest absolute Gasteiger partial charge is 0.479 e. The number of carboxylic acid groups (broad SMARTS) is 1. The van der Waals surface area contributed by atoms with Gasteiger partial charge in [-0.25, -0.2) is 4.79 Å². The Balaban J connectivity index is 2.00. The van der Waals surface area contributed by atoms with E-state index in [2.05, 4.69) is 6.07 Å². The van der Waals surface area contributed by atoms with Gasteiger partial charge < -0.3 is 9.84 Å². The number of nitrogens with zero attached hydrogens (tertiary/aromatic N) is 2. The van der Waals surface area contributed by atoms with Gasteiger partial charge in [-0.2, -0.15) is 5.26 Å². The van der Waals surface area contributed by atoms with E-state index in [1.165, 1.54) is 0 Å². The molecule has 0 bridgehead atoms. The molecule has 1 aliphatic rings. The van der Waals surface area contributed by atoms with Gasteiger partial charge in [0, 0.05) is 19.6 Å². The first-order valence-corrected chi connectivity index (χ1v) is 5.75. The van der Waals surface area contributed by atoms with Crippen LogP contribution in [0.1, 0.15) is 11.1 Å². The van der Waals surface area contributed by atoms with Crippen LogP contribution in [0.2, 0.25) is 0 Å². The number of benzene rings is 1. The van der Waals surface area contributed by atoms with E-state index in [1.807, 2.05) is 23.1 Å². The molecule has 1 aromatic carbocycles. The Morgan fingerprint density at radius 2 is 2.44 bits per heavy atom. The fraction of sp³-hybridized carbons (Fsp3) is 0.385. The van der Waals surface area contributed by atoms with E-state index in [0.29, 0.717) is 31.8 Å². The standard InChI is InChI=1S/C13H14N2O3/c14-7-10-2-1-3-11(6-10)8-15-4-5-18-12(9-15)13(16)17/h1-3,6,12H,4-5,8-9H2,(H,16,17). The van der Waals surface area contributed by atoms with Crippen LogP contribution >= 0.6 is 0 Å². The lowest BCUT2D eigenvalue weighted by Gasteiger charge is -2.30. The summed E-state index contributed by atoms with van der Waals surface area (Å²) in [4.78, 5) is 12.9. The van der Waals surface area contributed by atoms with Crippen LogP contribution in [0.5, 0.6) is 0 Å². The molecule has 0 aromatic heterocycles. The molecule has 94 valence electrons. The van der Waals surface area contributed by atoms with Crippen molar-refractivity contribution in [3.8, 4) is 6.07 Å². The first kappa shape index (κ1) is 12.6. The third kappa shape index (κ3) is 3.06. The quantitative estimate of drug-likeness (QED) is 0.855. The SMILES string of the molecule is N#Cc1cccc(CN2CCOC(C(=O)O)C2)c1. The first-order valence-electron chi connectivity index (χ1n) is 5.75. The Bertz CT molecular complexity index is 481. The predicted molar refractivity (Wildman–Crippen MR) is 63.8 cm³/mol. The second kappa shape index (κ2) is 5.63. The molecule has 5 heteroatoms. The molecule has 1 N–H and O–H groups in total. The van der Waals surface area contributed by atoms with Gasteiger partial charge in [-0.3, -0.25) is 4.90 Å². The number of carboxylic acids is 1. The maximum atomic E-state index is 10.9. The van der Waals surface area contributed by atoms with Gasteiger partial charge in [-0.1, -0.05) is 12.1 Å². The number of ether oxygens (including phenoxy) is 1. The molecular formula is C13H14N2O3. The van der Waals surface area contributed by atoms with Crippen LogP contribution in [0.4, 0.5) is 0 Å². The topological polar surface area (TPSA) is 73.6 Å². The Labute approximate surface area is 105 Å². The molecular weight excluding hydrogens is 232 g/mol. The van der Waals surface area contributed by atoms with Gasteiger partial charge in [0.1, 0.15) is 0 Å². The molecule has 1 aliphatic heterocycles. The summed E-state index contributed by atoms with van der Waals surface area (Å²) < 4.78 is 5.16. The predicted octanol–water partition coefficient (Wildman–Crippen LogP) is 0.844. The molecule has 1 aromatic rings. The number of carbonyl (C=O) groups is 1. The molecule has 18 heavy (non-hydrogen) atoms. The van der Waals surface area contributed by atoms with Crippen LogP contribution in [0.25, 0.3) is 0 Å². The molecule has 1 fully saturated rings. The van der Waals surface area contributed by atoms with Gasteiger partial charge in [-0.05, 0) is 17.7 Å². The maximum absolute atomic E-state index is 10.9. The third-order valence-electron chi connectivity index (χ3n) is 2.89. The molecule has 0 spiro atoms. The van der Waals surface area contributed by atoms with Crippen LogP contribution in [-0.2, 0) is 16.1 Å². The molecule has 0 aliphatic carbocycles. The average molecular weight is 246 g/mol. The van der Waals surface area contributed by atoms with E-state index in [9.17, 15) is 4.79 Å². The summed E-state index contributed by atoms with van der Waals surface area (Å²) in [6.45, 7) is 2.16. The summed E-state index contributed by atoms with van der Waals surface area (Å²) in [6.07, 6.45) is -0.752. The molecule has 1 unspecified atom stereocenters. The Hall–Kier alpha value is -1.90. The summed E-state index contributed by atoms with van der Waals surface area (Å²) in [7, 11) is 0. The van der Waals surface area contributed by atoms with E-state index >= 15 is 0 Å². The maximum Gasteiger partial charge on any atom is 0.334 e. The van der Waals surface area contributed by atoms with Crippen molar-refractivity contribution >= 4 is 5.97 Å². The van der Waals surface area contributed by atoms with Gasteiger partial charge in [0.05, 0.1) is 18.2 Å². The Morgan fingerprint density at radius 3 is 3.17 bits per heavy atom. The van der Waals surface area contributed by atoms with Crippen LogP contribution in [0.15, 0.2) is 24.3 Å². The molecule has 2 rings (SSSR count). The van der Waals surface area contributed by atoms with E-state index in [-0.39, 0.29) is 0 Å². The van der Waals surface area contributed by atoms with Gasteiger partial charge in [-0.15, -0.1) is 0 Å². The van der Waals surface area contributed by atoms with Crippen LogP contribution in [0.3, 0.4) is 0 Å². The van der Waals surface area contributed by atoms with Gasteiger partial charge >= 0.3 is 5.97 Å². The highest BCUT2D eigenvalue weighted by Gasteiger charge is 2.25. The lowest BCUT2D eigenvalue weighted by Crippen LogP contribution is -2.45. The summed E-state index contributed by atoms with van der Waals surface area (Å²) in [5, 5.41) is 17.7. The highest BCUT2D eigenvalue weighted by molar-refractivity contribution is 5.72. The van der Waals surface area contributed by atoms with E-state index < -0.39 is 12.1 Å². The zero-order valence-electron chi connectivity index (χ0n) is 9.87. The van der Waals surface area contributed by atoms with Crippen LogP contribution < -0.4 is 0 Å². The molecule has 1 heterocycles. The molecule has 5 nitrogen and oxygen atoms in total. The van der Waals surface area contributed by atoms with Crippen molar-refractivity contribution in [3.05, 3.63) is 35.4 Å². The second-order valence-corrected chi connectivity index (χ2v) is 4.24. The van der Waals surface area contributed by atoms with E-state index in [4.69, 9.17) is 15.1 Å². The van der Waals surface area contributed by atoms with Crippen LogP contribution in [-0.4, -0.2) is 41.8 Å². The number of morpholine rings is 1. The average Bonchev–Trinajstić information content (AvgIpc) is 2.39. The zero-order chi connectivity index (χ0) is 13.0. The van der Waals surface area contributed by atoms with Gasteiger partial charge in [0.2, 0.25) is 0 Å². The third-order valence-corrected chi connectivity index (χ3v) is 2.89. The zero-order valence-corrected chi connectivity index (χ0v) is 9.87. The smallest absolute Gasteiger partial charge is 0.334 e. The minimum Gasteiger partial charge on any atom is -0.479 e. The van der Waals surface area contributed by atoms with Crippen molar-refractivity contribution in [1.29, 1.82) is 5.26 Å². The summed E-state index contributed by atoms with van der Waals surface area (Å²) in [5.74, 6) is -0.925. The lowest BCUT2D eigenvalue weighted by molar-refractivity contribution is -0.156. The van der Waals surface area contributed by atoms with E-state index in [0.717, 1.165) is 5.56 Å². The number of rotatable bonds is 3. The van der Waals surface area contributed by atoms with Gasteiger partial charge in [0.25, 0.3) is 0 Å². The lowest BCUT2D eigenvalue weighted by atomic mass is 10.1. The summed E-state index contributed by atoms with van der Waals surface area (Å²) in [5.41, 5.74) is 1.63. The monoisotopic (exact) mass is 246 g/mol. The molecule has 0 saturated carbocycles. The minimum atomic E-state index is -0.925. The molecule has 0 amide bonds. The van der Waals surface area contributed by atoms with E-state index in [1.54, 1.807) is 6.07 Å². The van der Waals surface area contributed by atoms with Crippen molar-refractivity contribution in [1.82, 2.24) is 4.90 Å². The molecule has 1 saturated heterocycles. The second-order valence-electron chi connectivity index (χ2n) is 4.24. The summed E-state index contributed by atoms with van der Waals surface area (Å²) in [6, 6.07) is 9.44. The van der Waals surface area contributed by atoms with Crippen molar-refractivity contribution < 1.29 is 14.6 Å². The van der Waals surface area contributed by atoms with Crippen molar-refractivity contribution in [2.75, 3.05) is 19.7 Å².